The van der Waals surface area contributed by atoms with E-state index in [9.17, 15) is 9.90 Å². The summed E-state index contributed by atoms with van der Waals surface area (Å²) >= 11 is 0. The number of nitrogens with zero attached hydrogens (tertiary/aromatic N) is 2. The lowest BCUT2D eigenvalue weighted by molar-refractivity contribution is 0.0912. The Balaban J connectivity index is 1.60. The van der Waals surface area contributed by atoms with Crippen molar-refractivity contribution in [2.45, 2.75) is 31.7 Å². The molecule has 1 aliphatic rings. The van der Waals surface area contributed by atoms with Gasteiger partial charge in [-0.3, -0.25) is 9.78 Å². The maximum atomic E-state index is 12.4. The molecule has 0 spiro atoms. The molecule has 2 N–H and O–H groups in total. The number of amides is 1. The zero-order valence-electron chi connectivity index (χ0n) is 13.4. The van der Waals surface area contributed by atoms with Crippen molar-refractivity contribution < 1.29 is 14.6 Å². The van der Waals surface area contributed by atoms with Gasteiger partial charge >= 0.3 is 0 Å². The number of ether oxygens (including phenoxy) is 1. The Labute approximate surface area is 140 Å². The summed E-state index contributed by atoms with van der Waals surface area (Å²) in [6.45, 7) is 0.575. The number of carbonyl (C=O) groups is 1. The van der Waals surface area contributed by atoms with Gasteiger partial charge in [-0.1, -0.05) is 0 Å². The molecule has 2 aromatic heterocycles. The first-order valence-corrected chi connectivity index (χ1v) is 8.18. The predicted octanol–water partition coefficient (Wildman–Crippen LogP) is 1.53. The minimum atomic E-state index is -0.294. The van der Waals surface area contributed by atoms with Crippen LogP contribution in [0.4, 0.5) is 0 Å². The molecule has 0 aliphatic carbocycles. The van der Waals surface area contributed by atoms with E-state index in [1.807, 2.05) is 18.2 Å². The summed E-state index contributed by atoms with van der Waals surface area (Å²) < 4.78 is 5.46. The van der Waals surface area contributed by atoms with Crippen molar-refractivity contribution in [1.29, 1.82) is 0 Å². The van der Waals surface area contributed by atoms with Gasteiger partial charge in [0.2, 0.25) is 5.88 Å². The van der Waals surface area contributed by atoms with Crippen LogP contribution in [-0.4, -0.2) is 40.2 Å². The van der Waals surface area contributed by atoms with Crippen LogP contribution < -0.4 is 10.1 Å². The highest BCUT2D eigenvalue weighted by molar-refractivity contribution is 5.94. The van der Waals surface area contributed by atoms with E-state index in [1.54, 1.807) is 12.4 Å². The molecule has 0 bridgehead atoms. The summed E-state index contributed by atoms with van der Waals surface area (Å²) in [6.07, 6.45) is 8.24. The standard InChI is InChI=1S/C18H21N3O3/c22-12-16(4-3-13-5-7-19-8-6-13)21-17(23)15-10-14-2-1-9-24-18(14)20-11-15/h5-8,10-11,16,22H,1-4,9,12H2,(H,21,23). The average molecular weight is 327 g/mol. The Morgan fingerprint density at radius 3 is 3.00 bits per heavy atom. The first-order chi connectivity index (χ1) is 11.8. The summed E-state index contributed by atoms with van der Waals surface area (Å²) in [5.74, 6) is 0.402. The maximum Gasteiger partial charge on any atom is 0.253 e. The van der Waals surface area contributed by atoms with E-state index in [2.05, 4.69) is 15.3 Å². The van der Waals surface area contributed by atoms with Crippen molar-refractivity contribution in [2.24, 2.45) is 0 Å². The molecular formula is C18H21N3O3. The second-order valence-corrected chi connectivity index (χ2v) is 5.89. The number of aliphatic hydroxyl groups excluding tert-OH is 1. The average Bonchev–Trinajstić information content (AvgIpc) is 2.65. The molecule has 0 saturated heterocycles. The van der Waals surface area contributed by atoms with Gasteiger partial charge in [0.15, 0.2) is 0 Å². The molecule has 3 heterocycles. The number of hydrogen-bond donors (Lipinski definition) is 2. The number of aryl methyl sites for hydroxylation is 2. The van der Waals surface area contributed by atoms with Crippen molar-refractivity contribution in [3.63, 3.8) is 0 Å². The van der Waals surface area contributed by atoms with Gasteiger partial charge in [-0.15, -0.1) is 0 Å². The molecule has 0 radical (unpaired) electrons. The molecule has 0 fully saturated rings. The Hall–Kier alpha value is -2.47. The van der Waals surface area contributed by atoms with Crippen LogP contribution in [-0.2, 0) is 12.8 Å². The Morgan fingerprint density at radius 2 is 2.21 bits per heavy atom. The first kappa shape index (κ1) is 16.4. The van der Waals surface area contributed by atoms with Crippen molar-refractivity contribution in [3.8, 4) is 5.88 Å². The fourth-order valence-electron chi connectivity index (χ4n) is 2.73. The van der Waals surface area contributed by atoms with Gasteiger partial charge < -0.3 is 15.2 Å². The van der Waals surface area contributed by atoms with Crippen LogP contribution in [0.2, 0.25) is 0 Å². The van der Waals surface area contributed by atoms with Crippen molar-refractivity contribution >= 4 is 5.91 Å². The zero-order valence-corrected chi connectivity index (χ0v) is 13.4. The number of aromatic nitrogens is 2. The second-order valence-electron chi connectivity index (χ2n) is 5.89. The smallest absolute Gasteiger partial charge is 0.253 e. The van der Waals surface area contributed by atoms with Crippen LogP contribution in [0.1, 0.15) is 34.3 Å². The molecule has 1 unspecified atom stereocenters. The molecule has 3 rings (SSSR count). The Kier molecular flexibility index (Phi) is 5.38. The third-order valence-corrected chi connectivity index (χ3v) is 4.10. The lowest BCUT2D eigenvalue weighted by atomic mass is 10.1. The van der Waals surface area contributed by atoms with Crippen LogP contribution in [0.15, 0.2) is 36.8 Å². The monoisotopic (exact) mass is 327 g/mol. The molecule has 6 heteroatoms. The lowest BCUT2D eigenvalue weighted by Gasteiger charge is -2.18. The van der Waals surface area contributed by atoms with Crippen LogP contribution in [0.3, 0.4) is 0 Å². The number of pyridine rings is 2. The van der Waals surface area contributed by atoms with E-state index < -0.39 is 0 Å². The molecule has 6 nitrogen and oxygen atoms in total. The van der Waals surface area contributed by atoms with E-state index >= 15 is 0 Å². The minimum absolute atomic E-state index is 0.0989. The molecule has 0 saturated carbocycles. The molecule has 24 heavy (non-hydrogen) atoms. The van der Waals surface area contributed by atoms with Gasteiger partial charge in [-0.2, -0.15) is 0 Å². The van der Waals surface area contributed by atoms with Crippen molar-refractivity contribution in [1.82, 2.24) is 15.3 Å². The van der Waals surface area contributed by atoms with E-state index in [-0.39, 0.29) is 18.6 Å². The third kappa shape index (κ3) is 4.08. The molecule has 2 aromatic rings. The van der Waals surface area contributed by atoms with Gasteiger partial charge in [0.1, 0.15) is 0 Å². The number of rotatable bonds is 6. The van der Waals surface area contributed by atoms with Gasteiger partial charge in [-0.25, -0.2) is 4.98 Å². The van der Waals surface area contributed by atoms with E-state index in [0.717, 1.165) is 30.4 Å². The molecule has 126 valence electrons. The number of carbonyl (C=O) groups excluding carboxylic acids is 1. The Morgan fingerprint density at radius 1 is 1.38 bits per heavy atom. The topological polar surface area (TPSA) is 84.3 Å². The zero-order chi connectivity index (χ0) is 16.8. The molecule has 1 amide bonds. The highest BCUT2D eigenvalue weighted by Gasteiger charge is 2.17. The van der Waals surface area contributed by atoms with E-state index in [0.29, 0.717) is 24.5 Å². The van der Waals surface area contributed by atoms with Gasteiger partial charge in [0, 0.05) is 24.2 Å². The Bertz CT molecular complexity index is 691. The summed E-state index contributed by atoms with van der Waals surface area (Å²) in [6, 6.07) is 5.40. The normalized spacial score (nSPS) is 14.4. The first-order valence-electron chi connectivity index (χ1n) is 8.18. The number of fused-ring (bicyclic) bond motifs is 1. The fourth-order valence-corrected chi connectivity index (χ4v) is 2.73. The lowest BCUT2D eigenvalue weighted by Crippen LogP contribution is -2.38. The molecule has 0 aromatic carbocycles. The quantitative estimate of drug-likeness (QED) is 0.840. The summed E-state index contributed by atoms with van der Waals surface area (Å²) in [5.41, 5.74) is 2.60. The SMILES string of the molecule is O=C(NC(CO)CCc1ccncc1)c1cnc2c(c1)CCCO2. The third-order valence-electron chi connectivity index (χ3n) is 4.10. The number of hydrogen-bond acceptors (Lipinski definition) is 5. The number of aliphatic hydroxyl groups is 1. The largest absolute Gasteiger partial charge is 0.477 e. The predicted molar refractivity (Wildman–Crippen MR) is 89.0 cm³/mol. The summed E-state index contributed by atoms with van der Waals surface area (Å²) in [4.78, 5) is 20.6. The number of nitrogens with one attached hydrogen (secondary N) is 1. The van der Waals surface area contributed by atoms with Gasteiger partial charge in [0.25, 0.3) is 5.91 Å². The van der Waals surface area contributed by atoms with E-state index in [1.165, 1.54) is 6.20 Å². The van der Waals surface area contributed by atoms with Gasteiger partial charge in [-0.05, 0) is 49.4 Å². The van der Waals surface area contributed by atoms with Crippen molar-refractivity contribution in [2.75, 3.05) is 13.2 Å². The van der Waals surface area contributed by atoms with Crippen LogP contribution >= 0.6 is 0 Å². The second kappa shape index (κ2) is 7.88. The van der Waals surface area contributed by atoms with Crippen LogP contribution in [0.25, 0.3) is 0 Å². The van der Waals surface area contributed by atoms with Crippen molar-refractivity contribution in [3.05, 3.63) is 53.5 Å². The molecule has 1 atom stereocenters. The highest BCUT2D eigenvalue weighted by atomic mass is 16.5. The fraction of sp³-hybridized carbons (Fsp3) is 0.389. The van der Waals surface area contributed by atoms with E-state index in [4.69, 9.17) is 4.74 Å². The molecular weight excluding hydrogens is 306 g/mol. The molecule has 1 aliphatic heterocycles. The van der Waals surface area contributed by atoms with Gasteiger partial charge in [0.05, 0.1) is 24.8 Å². The summed E-state index contributed by atoms with van der Waals surface area (Å²) in [5, 5.41) is 12.4. The highest BCUT2D eigenvalue weighted by Crippen LogP contribution is 2.22. The minimum Gasteiger partial charge on any atom is -0.477 e. The van der Waals surface area contributed by atoms with Crippen LogP contribution in [0.5, 0.6) is 5.88 Å². The summed E-state index contributed by atoms with van der Waals surface area (Å²) in [7, 11) is 0. The maximum absolute atomic E-state index is 12.4. The van der Waals surface area contributed by atoms with Crippen LogP contribution in [0, 0.1) is 0 Å².